The second kappa shape index (κ2) is 12.0. The van der Waals surface area contributed by atoms with Crippen LogP contribution in [-0.4, -0.2) is 35.9 Å². The molecule has 0 saturated carbocycles. The molecule has 2 rings (SSSR count). The van der Waals surface area contributed by atoms with Crippen LogP contribution in [0.3, 0.4) is 0 Å². The van der Waals surface area contributed by atoms with E-state index < -0.39 is 6.04 Å². The van der Waals surface area contributed by atoms with Gasteiger partial charge in [-0.3, -0.25) is 9.59 Å². The van der Waals surface area contributed by atoms with Crippen LogP contribution in [0.25, 0.3) is 0 Å². The summed E-state index contributed by atoms with van der Waals surface area (Å²) in [7, 11) is 0. The van der Waals surface area contributed by atoms with E-state index in [2.05, 4.69) is 5.32 Å². The number of para-hydroxylation sites is 1. The molecule has 0 aliphatic rings. The number of amides is 2. The van der Waals surface area contributed by atoms with Gasteiger partial charge in [-0.25, -0.2) is 4.39 Å². The zero-order chi connectivity index (χ0) is 21.9. The van der Waals surface area contributed by atoms with Crippen LogP contribution in [0, 0.1) is 11.7 Å². The first-order chi connectivity index (χ1) is 14.4. The van der Waals surface area contributed by atoms with E-state index >= 15 is 0 Å². The Balaban J connectivity index is 1.98. The van der Waals surface area contributed by atoms with Gasteiger partial charge in [0.2, 0.25) is 11.8 Å². The zero-order valence-corrected chi connectivity index (χ0v) is 17.9. The summed E-state index contributed by atoms with van der Waals surface area (Å²) >= 11 is 0. The van der Waals surface area contributed by atoms with Crippen LogP contribution >= 0.6 is 0 Å². The molecule has 0 spiro atoms. The first-order valence-electron chi connectivity index (χ1n) is 10.4. The number of hydrogen-bond acceptors (Lipinski definition) is 3. The van der Waals surface area contributed by atoms with E-state index in [1.807, 2.05) is 44.2 Å². The minimum absolute atomic E-state index is 0.136. The number of benzene rings is 2. The van der Waals surface area contributed by atoms with Crippen molar-refractivity contribution in [3.63, 3.8) is 0 Å². The molecule has 1 atom stereocenters. The minimum atomic E-state index is -0.628. The summed E-state index contributed by atoms with van der Waals surface area (Å²) in [6, 6.07) is 14.8. The summed E-state index contributed by atoms with van der Waals surface area (Å²) in [5.74, 6) is 0.410. The molecule has 0 fully saturated rings. The quantitative estimate of drug-likeness (QED) is 0.562. The molecule has 162 valence electrons. The van der Waals surface area contributed by atoms with E-state index in [0.717, 1.165) is 11.3 Å². The van der Waals surface area contributed by atoms with Crippen molar-refractivity contribution in [2.75, 3.05) is 13.2 Å². The van der Waals surface area contributed by atoms with E-state index in [1.54, 1.807) is 24.0 Å². The van der Waals surface area contributed by atoms with Crippen LogP contribution in [0.15, 0.2) is 54.6 Å². The number of rotatable bonds is 11. The van der Waals surface area contributed by atoms with Gasteiger partial charge >= 0.3 is 0 Å². The van der Waals surface area contributed by atoms with Crippen LogP contribution in [0.2, 0.25) is 0 Å². The molecule has 6 heteroatoms. The zero-order valence-electron chi connectivity index (χ0n) is 17.9. The topological polar surface area (TPSA) is 58.6 Å². The standard InChI is InChI=1S/C24H31FN2O3/c1-18(2)16-26-24(29)19(3)27(17-20-11-13-21(25)14-12-20)23(28)10-7-15-30-22-8-5-4-6-9-22/h4-6,8-9,11-14,18-19H,7,10,15-17H2,1-3H3,(H,26,29). The second-order valence-electron chi connectivity index (χ2n) is 7.73. The molecule has 0 bridgehead atoms. The predicted octanol–water partition coefficient (Wildman–Crippen LogP) is 4.17. The van der Waals surface area contributed by atoms with Crippen molar-refractivity contribution < 1.29 is 18.7 Å². The maximum Gasteiger partial charge on any atom is 0.242 e. The SMILES string of the molecule is CC(C)CNC(=O)C(C)N(Cc1ccc(F)cc1)C(=O)CCCOc1ccccc1. The molecule has 2 aromatic rings. The lowest BCUT2D eigenvalue weighted by atomic mass is 10.1. The number of nitrogens with zero attached hydrogens (tertiary/aromatic N) is 1. The van der Waals surface area contributed by atoms with Crippen LogP contribution in [0.5, 0.6) is 5.75 Å². The fraction of sp³-hybridized carbons (Fsp3) is 0.417. The van der Waals surface area contributed by atoms with Gasteiger partial charge in [0, 0.05) is 19.5 Å². The van der Waals surface area contributed by atoms with Crippen molar-refractivity contribution in [1.82, 2.24) is 10.2 Å². The monoisotopic (exact) mass is 414 g/mol. The van der Waals surface area contributed by atoms with Gasteiger partial charge in [0.25, 0.3) is 0 Å². The number of halogens is 1. The first-order valence-corrected chi connectivity index (χ1v) is 10.4. The van der Waals surface area contributed by atoms with Crippen LogP contribution in [0.1, 0.15) is 39.2 Å². The number of hydrogen-bond donors (Lipinski definition) is 1. The van der Waals surface area contributed by atoms with Gasteiger partial charge in [-0.2, -0.15) is 0 Å². The highest BCUT2D eigenvalue weighted by Gasteiger charge is 2.25. The predicted molar refractivity (Wildman–Crippen MR) is 115 cm³/mol. The van der Waals surface area contributed by atoms with E-state index in [4.69, 9.17) is 4.74 Å². The van der Waals surface area contributed by atoms with Crippen LogP contribution in [0.4, 0.5) is 4.39 Å². The highest BCUT2D eigenvalue weighted by Crippen LogP contribution is 2.14. The molecule has 2 amide bonds. The van der Waals surface area contributed by atoms with Gasteiger partial charge < -0.3 is 15.0 Å². The molecule has 1 N–H and O–H groups in total. The third-order valence-electron chi connectivity index (χ3n) is 4.66. The Kier molecular flexibility index (Phi) is 9.32. The fourth-order valence-corrected chi connectivity index (χ4v) is 2.90. The molecule has 0 aliphatic heterocycles. The summed E-state index contributed by atoms with van der Waals surface area (Å²) < 4.78 is 18.9. The van der Waals surface area contributed by atoms with Crippen molar-refractivity contribution in [2.45, 2.75) is 46.2 Å². The Hall–Kier alpha value is -2.89. The maximum atomic E-state index is 13.2. The third-order valence-corrected chi connectivity index (χ3v) is 4.66. The van der Waals surface area contributed by atoms with Gasteiger partial charge in [0.05, 0.1) is 6.61 Å². The summed E-state index contributed by atoms with van der Waals surface area (Å²) in [5.41, 5.74) is 0.772. The maximum absolute atomic E-state index is 13.2. The van der Waals surface area contributed by atoms with Crippen molar-refractivity contribution in [3.8, 4) is 5.75 Å². The Morgan fingerprint density at radius 1 is 1.03 bits per heavy atom. The van der Waals surface area contributed by atoms with E-state index in [1.165, 1.54) is 12.1 Å². The third kappa shape index (κ3) is 7.85. The Morgan fingerprint density at radius 2 is 1.70 bits per heavy atom. The van der Waals surface area contributed by atoms with Gasteiger partial charge in [0.1, 0.15) is 17.6 Å². The second-order valence-corrected chi connectivity index (χ2v) is 7.73. The Bertz CT molecular complexity index is 794. The van der Waals surface area contributed by atoms with Crippen molar-refractivity contribution >= 4 is 11.8 Å². The molecular formula is C24H31FN2O3. The molecule has 0 heterocycles. The number of nitrogens with one attached hydrogen (secondary N) is 1. The van der Waals surface area contributed by atoms with E-state index in [-0.39, 0.29) is 30.6 Å². The molecule has 2 aromatic carbocycles. The molecule has 0 saturated heterocycles. The smallest absolute Gasteiger partial charge is 0.242 e. The van der Waals surface area contributed by atoms with E-state index in [9.17, 15) is 14.0 Å². The molecule has 1 unspecified atom stereocenters. The normalized spacial score (nSPS) is 11.8. The van der Waals surface area contributed by atoms with E-state index in [0.29, 0.717) is 25.5 Å². The molecule has 0 aromatic heterocycles. The Labute approximate surface area is 178 Å². The summed E-state index contributed by atoms with van der Waals surface area (Å²) in [6.07, 6.45) is 0.795. The number of ether oxygens (including phenoxy) is 1. The summed E-state index contributed by atoms with van der Waals surface area (Å²) in [6.45, 7) is 6.95. The summed E-state index contributed by atoms with van der Waals surface area (Å²) in [5, 5.41) is 2.88. The summed E-state index contributed by atoms with van der Waals surface area (Å²) in [4.78, 5) is 27.0. The molecule has 5 nitrogen and oxygen atoms in total. The van der Waals surface area contributed by atoms with Crippen molar-refractivity contribution in [1.29, 1.82) is 0 Å². The lowest BCUT2D eigenvalue weighted by Gasteiger charge is -2.29. The lowest BCUT2D eigenvalue weighted by molar-refractivity contribution is -0.140. The van der Waals surface area contributed by atoms with Gasteiger partial charge in [0.15, 0.2) is 0 Å². The minimum Gasteiger partial charge on any atom is -0.494 e. The van der Waals surface area contributed by atoms with Crippen LogP contribution in [-0.2, 0) is 16.1 Å². The van der Waals surface area contributed by atoms with Gasteiger partial charge in [-0.1, -0.05) is 44.2 Å². The largest absolute Gasteiger partial charge is 0.494 e. The van der Waals surface area contributed by atoms with Crippen molar-refractivity contribution in [3.05, 3.63) is 66.0 Å². The highest BCUT2D eigenvalue weighted by atomic mass is 19.1. The lowest BCUT2D eigenvalue weighted by Crippen LogP contribution is -2.48. The molecular weight excluding hydrogens is 383 g/mol. The van der Waals surface area contributed by atoms with Gasteiger partial charge in [-0.05, 0) is 49.1 Å². The van der Waals surface area contributed by atoms with Crippen LogP contribution < -0.4 is 10.1 Å². The highest BCUT2D eigenvalue weighted by molar-refractivity contribution is 5.87. The number of carbonyl (C=O) groups excluding carboxylic acids is 2. The fourth-order valence-electron chi connectivity index (χ4n) is 2.90. The Morgan fingerprint density at radius 3 is 2.33 bits per heavy atom. The average molecular weight is 415 g/mol. The molecule has 30 heavy (non-hydrogen) atoms. The first kappa shape index (κ1) is 23.4. The molecule has 0 radical (unpaired) electrons. The number of carbonyl (C=O) groups is 2. The average Bonchev–Trinajstić information content (AvgIpc) is 2.74. The van der Waals surface area contributed by atoms with Gasteiger partial charge in [-0.15, -0.1) is 0 Å². The van der Waals surface area contributed by atoms with Crippen molar-refractivity contribution in [2.24, 2.45) is 5.92 Å². The molecule has 0 aliphatic carbocycles.